The Hall–Kier alpha value is -1.56. The molecule has 5 nitrogen and oxygen atoms in total. The van der Waals surface area contributed by atoms with Gasteiger partial charge in [0.15, 0.2) is 0 Å². The smallest absolute Gasteiger partial charge is 0.410 e. The van der Waals surface area contributed by atoms with E-state index < -0.39 is 5.60 Å². The van der Waals surface area contributed by atoms with E-state index in [1.165, 1.54) is 5.56 Å². The molecule has 1 aromatic heterocycles. The summed E-state index contributed by atoms with van der Waals surface area (Å²) in [6.45, 7) is 9.41. The lowest BCUT2D eigenvalue weighted by Crippen LogP contribution is -2.47. The maximum Gasteiger partial charge on any atom is 0.410 e. The first-order chi connectivity index (χ1) is 9.85. The number of rotatable bonds is 2. The lowest BCUT2D eigenvalue weighted by Gasteiger charge is -2.30. The highest BCUT2D eigenvalue weighted by atomic mass is 32.1. The summed E-state index contributed by atoms with van der Waals surface area (Å²) in [6, 6.07) is 2.28. The summed E-state index contributed by atoms with van der Waals surface area (Å²) in [5.74, 6) is 0.839. The molecule has 6 heteroatoms. The molecule has 1 unspecified atom stereocenters. The van der Waals surface area contributed by atoms with Crippen LogP contribution in [0.3, 0.4) is 0 Å². The van der Waals surface area contributed by atoms with Gasteiger partial charge in [0.1, 0.15) is 11.4 Å². The summed E-state index contributed by atoms with van der Waals surface area (Å²) in [6.07, 6.45) is -0.278. The highest BCUT2D eigenvalue weighted by Gasteiger charge is 2.25. The molecule has 2 rings (SSSR count). The third-order valence-corrected chi connectivity index (χ3v) is 3.79. The topological polar surface area (TPSA) is 53.9 Å². The zero-order chi connectivity index (χ0) is 15.5. The van der Waals surface area contributed by atoms with Gasteiger partial charge in [0.2, 0.25) is 0 Å². The van der Waals surface area contributed by atoms with Crippen LogP contribution >= 0.6 is 11.3 Å². The van der Waals surface area contributed by atoms with Crippen LogP contribution in [-0.4, -0.2) is 42.1 Å². The molecule has 1 amide bonds. The lowest BCUT2D eigenvalue weighted by molar-refractivity contribution is 0.0276. The van der Waals surface area contributed by atoms with Crippen LogP contribution in [0.1, 0.15) is 39.3 Å². The standard InChI is InChI=1S/C15H23N3O2S/c1-11(12-5-8-21-10-12)17-13-9-18(7-6-16-13)14(19)20-15(2,3)4/h5,8,10-11H,6-7,9H2,1-4H3,(H,16,17). The maximum atomic E-state index is 12.1. The number of amides is 1. The Morgan fingerprint density at radius 2 is 2.29 bits per heavy atom. The van der Waals surface area contributed by atoms with Gasteiger partial charge in [-0.2, -0.15) is 11.3 Å². The highest BCUT2D eigenvalue weighted by molar-refractivity contribution is 7.07. The second kappa shape index (κ2) is 6.47. The minimum absolute atomic E-state index is 0.189. The number of hydrogen-bond acceptors (Lipinski definition) is 5. The molecule has 1 atom stereocenters. The SMILES string of the molecule is CC(NC1=NCCN(C(=O)OC(C)(C)C)C1)c1ccsc1. The molecule has 0 saturated heterocycles. The highest BCUT2D eigenvalue weighted by Crippen LogP contribution is 2.16. The van der Waals surface area contributed by atoms with Crippen LogP contribution in [0, 0.1) is 0 Å². The van der Waals surface area contributed by atoms with E-state index in [4.69, 9.17) is 4.74 Å². The molecular formula is C15H23N3O2S. The van der Waals surface area contributed by atoms with Crippen molar-refractivity contribution in [2.75, 3.05) is 19.6 Å². The normalized spacial score (nSPS) is 17.1. The van der Waals surface area contributed by atoms with Crippen LogP contribution in [0.2, 0.25) is 0 Å². The van der Waals surface area contributed by atoms with Crippen molar-refractivity contribution in [2.45, 2.75) is 39.3 Å². The molecule has 1 aromatic rings. The lowest BCUT2D eigenvalue weighted by atomic mass is 10.2. The van der Waals surface area contributed by atoms with E-state index in [0.717, 1.165) is 5.84 Å². The molecule has 0 radical (unpaired) electrons. The van der Waals surface area contributed by atoms with Crippen molar-refractivity contribution in [1.29, 1.82) is 0 Å². The van der Waals surface area contributed by atoms with E-state index in [9.17, 15) is 4.79 Å². The first-order valence-corrected chi connectivity index (χ1v) is 8.09. The third kappa shape index (κ3) is 4.74. The number of carbonyl (C=O) groups is 1. The number of aliphatic imine (C=N–C) groups is 1. The number of hydrogen-bond donors (Lipinski definition) is 1. The van der Waals surface area contributed by atoms with E-state index in [1.54, 1.807) is 16.2 Å². The predicted molar refractivity (Wildman–Crippen MR) is 86.0 cm³/mol. The number of carbonyl (C=O) groups excluding carboxylic acids is 1. The van der Waals surface area contributed by atoms with E-state index in [2.05, 4.69) is 34.1 Å². The molecule has 0 aliphatic carbocycles. The first-order valence-electron chi connectivity index (χ1n) is 7.15. The number of amidine groups is 1. The van der Waals surface area contributed by atoms with Gasteiger partial charge in [-0.15, -0.1) is 0 Å². The molecular weight excluding hydrogens is 286 g/mol. The molecule has 0 saturated carbocycles. The molecule has 116 valence electrons. The van der Waals surface area contributed by atoms with Crippen LogP contribution in [0.5, 0.6) is 0 Å². The van der Waals surface area contributed by atoms with Crippen molar-refractivity contribution in [2.24, 2.45) is 4.99 Å². The molecule has 1 aliphatic rings. The van der Waals surface area contributed by atoms with Gasteiger partial charge in [-0.3, -0.25) is 9.89 Å². The number of ether oxygens (including phenoxy) is 1. The van der Waals surface area contributed by atoms with Gasteiger partial charge in [-0.1, -0.05) is 0 Å². The quantitative estimate of drug-likeness (QED) is 0.913. The number of thiophene rings is 1. The number of nitrogens with zero attached hydrogens (tertiary/aromatic N) is 2. The molecule has 2 heterocycles. The molecule has 0 aromatic carbocycles. The second-order valence-corrected chi connectivity index (χ2v) is 6.93. The average Bonchev–Trinajstić information content (AvgIpc) is 2.91. The average molecular weight is 309 g/mol. The molecule has 0 spiro atoms. The van der Waals surface area contributed by atoms with Gasteiger partial charge in [-0.25, -0.2) is 4.79 Å². The van der Waals surface area contributed by atoms with Crippen LogP contribution in [0.15, 0.2) is 21.8 Å². The van der Waals surface area contributed by atoms with Gasteiger partial charge in [0, 0.05) is 6.54 Å². The Morgan fingerprint density at radius 1 is 1.52 bits per heavy atom. The summed E-state index contributed by atoms with van der Waals surface area (Å²) in [5.41, 5.74) is 0.764. The van der Waals surface area contributed by atoms with Crippen molar-refractivity contribution in [3.63, 3.8) is 0 Å². The van der Waals surface area contributed by atoms with Crippen LogP contribution in [0.25, 0.3) is 0 Å². The predicted octanol–water partition coefficient (Wildman–Crippen LogP) is 3.05. The molecule has 1 aliphatic heterocycles. The largest absolute Gasteiger partial charge is 0.444 e. The summed E-state index contributed by atoms with van der Waals surface area (Å²) in [4.78, 5) is 18.3. The Bertz CT molecular complexity index is 505. The van der Waals surface area contributed by atoms with E-state index >= 15 is 0 Å². The van der Waals surface area contributed by atoms with Gasteiger partial charge in [-0.05, 0) is 50.1 Å². The fourth-order valence-electron chi connectivity index (χ4n) is 2.04. The minimum atomic E-state index is -0.469. The summed E-state index contributed by atoms with van der Waals surface area (Å²) in [5, 5.41) is 7.55. The minimum Gasteiger partial charge on any atom is -0.444 e. The van der Waals surface area contributed by atoms with Gasteiger partial charge < -0.3 is 10.1 Å². The van der Waals surface area contributed by atoms with Crippen molar-refractivity contribution in [3.05, 3.63) is 22.4 Å². The van der Waals surface area contributed by atoms with Gasteiger partial charge >= 0.3 is 6.09 Å². The van der Waals surface area contributed by atoms with Crippen molar-refractivity contribution in [1.82, 2.24) is 10.2 Å². The molecule has 1 N–H and O–H groups in total. The third-order valence-electron chi connectivity index (χ3n) is 3.09. The zero-order valence-corrected chi connectivity index (χ0v) is 13.9. The van der Waals surface area contributed by atoms with Gasteiger partial charge in [0.25, 0.3) is 0 Å². The van der Waals surface area contributed by atoms with Crippen molar-refractivity contribution >= 4 is 23.3 Å². The number of nitrogens with one attached hydrogen (secondary N) is 1. The fraction of sp³-hybridized carbons (Fsp3) is 0.600. The molecule has 0 bridgehead atoms. The monoisotopic (exact) mass is 309 g/mol. The second-order valence-electron chi connectivity index (χ2n) is 6.15. The summed E-state index contributed by atoms with van der Waals surface area (Å²) in [7, 11) is 0. The van der Waals surface area contributed by atoms with Gasteiger partial charge in [0.05, 0.1) is 19.1 Å². The Labute approximate surface area is 130 Å². The first kappa shape index (κ1) is 15.8. The molecule has 21 heavy (non-hydrogen) atoms. The Kier molecular flexibility index (Phi) is 4.88. The maximum absolute atomic E-state index is 12.1. The van der Waals surface area contributed by atoms with E-state index in [0.29, 0.717) is 19.6 Å². The van der Waals surface area contributed by atoms with Crippen LogP contribution < -0.4 is 5.32 Å². The molecule has 0 fully saturated rings. The zero-order valence-electron chi connectivity index (χ0n) is 13.0. The van der Waals surface area contributed by atoms with Crippen LogP contribution in [-0.2, 0) is 4.74 Å². The Morgan fingerprint density at radius 3 is 2.90 bits per heavy atom. The Balaban J connectivity index is 1.91. The van der Waals surface area contributed by atoms with Crippen molar-refractivity contribution in [3.8, 4) is 0 Å². The van der Waals surface area contributed by atoms with E-state index in [1.807, 2.05) is 20.8 Å². The summed E-state index contributed by atoms with van der Waals surface area (Å²) < 4.78 is 5.41. The van der Waals surface area contributed by atoms with E-state index in [-0.39, 0.29) is 12.1 Å². The fourth-order valence-corrected chi connectivity index (χ4v) is 2.80. The summed E-state index contributed by atoms with van der Waals surface area (Å²) >= 11 is 1.68. The van der Waals surface area contributed by atoms with Crippen molar-refractivity contribution < 1.29 is 9.53 Å². The van der Waals surface area contributed by atoms with Crippen LogP contribution in [0.4, 0.5) is 4.79 Å².